The normalized spacial score (nSPS) is 14.3. The molecule has 2 rings (SSSR count). The van der Waals surface area contributed by atoms with Crippen LogP contribution in [-0.2, 0) is 6.42 Å². The summed E-state index contributed by atoms with van der Waals surface area (Å²) < 4.78 is 0. The Kier molecular flexibility index (Phi) is 1.40. The van der Waals surface area contributed by atoms with Gasteiger partial charge >= 0.3 is 0 Å². The molecule has 0 aromatic carbocycles. The highest BCUT2D eigenvalue weighted by molar-refractivity contribution is 5.67. The van der Waals surface area contributed by atoms with E-state index in [1.807, 2.05) is 13.0 Å². The van der Waals surface area contributed by atoms with Crippen LogP contribution in [0.5, 0.6) is 0 Å². The van der Waals surface area contributed by atoms with Crippen LogP contribution in [0.1, 0.15) is 24.0 Å². The molecule has 1 aromatic rings. The highest BCUT2D eigenvalue weighted by Gasteiger charge is 2.15. The molecule has 0 unspecified atom stereocenters. The van der Waals surface area contributed by atoms with Crippen LogP contribution in [0.4, 0.5) is 0 Å². The molecule has 0 radical (unpaired) electrons. The number of nitrogens with zero attached hydrogens (tertiary/aromatic N) is 1. The van der Waals surface area contributed by atoms with Gasteiger partial charge in [0.2, 0.25) is 0 Å². The van der Waals surface area contributed by atoms with E-state index in [2.05, 4.69) is 9.97 Å². The standard InChI is InChI=1S/C9H10N2O/c1-5-3-4-7-8(5)10-6(2)11-9(7)12/h3H,4H2,1-2H3,(H,10,11,12). The second-order valence-corrected chi connectivity index (χ2v) is 3.07. The monoisotopic (exact) mass is 162 g/mol. The lowest BCUT2D eigenvalue weighted by atomic mass is 10.2. The molecule has 62 valence electrons. The lowest BCUT2D eigenvalue weighted by Gasteiger charge is -1.99. The van der Waals surface area contributed by atoms with Crippen LogP contribution in [-0.4, -0.2) is 9.97 Å². The van der Waals surface area contributed by atoms with Gasteiger partial charge in [0.15, 0.2) is 0 Å². The molecule has 0 amide bonds. The maximum atomic E-state index is 11.3. The van der Waals surface area contributed by atoms with E-state index in [1.54, 1.807) is 6.92 Å². The van der Waals surface area contributed by atoms with Gasteiger partial charge in [-0.15, -0.1) is 0 Å². The SMILES string of the molecule is CC1=CCc2c1nc(C)[nH]c2=O. The molecule has 0 aliphatic heterocycles. The summed E-state index contributed by atoms with van der Waals surface area (Å²) in [6, 6.07) is 0. The lowest BCUT2D eigenvalue weighted by Crippen LogP contribution is -2.15. The number of hydrogen-bond acceptors (Lipinski definition) is 2. The first-order valence-electron chi connectivity index (χ1n) is 3.95. The van der Waals surface area contributed by atoms with Crippen LogP contribution < -0.4 is 5.56 Å². The summed E-state index contributed by atoms with van der Waals surface area (Å²) in [5.74, 6) is 0.688. The fourth-order valence-corrected chi connectivity index (χ4v) is 1.48. The van der Waals surface area contributed by atoms with Crippen LogP contribution >= 0.6 is 0 Å². The summed E-state index contributed by atoms with van der Waals surface area (Å²) >= 11 is 0. The summed E-state index contributed by atoms with van der Waals surface area (Å²) in [6.07, 6.45) is 2.76. The van der Waals surface area contributed by atoms with Crippen molar-refractivity contribution in [3.8, 4) is 0 Å². The number of rotatable bonds is 0. The van der Waals surface area contributed by atoms with Crippen LogP contribution in [0.15, 0.2) is 10.9 Å². The Bertz CT molecular complexity index is 415. The fraction of sp³-hybridized carbons (Fsp3) is 0.333. The van der Waals surface area contributed by atoms with Crippen LogP contribution in [0.3, 0.4) is 0 Å². The van der Waals surface area contributed by atoms with Crippen molar-refractivity contribution in [2.75, 3.05) is 0 Å². The highest BCUT2D eigenvalue weighted by atomic mass is 16.1. The lowest BCUT2D eigenvalue weighted by molar-refractivity contribution is 0.973. The van der Waals surface area contributed by atoms with Gasteiger partial charge in [0.25, 0.3) is 5.56 Å². The van der Waals surface area contributed by atoms with Gasteiger partial charge in [0, 0.05) is 5.56 Å². The second-order valence-electron chi connectivity index (χ2n) is 3.07. The molecule has 1 heterocycles. The molecule has 1 aliphatic rings. The Hall–Kier alpha value is -1.38. The summed E-state index contributed by atoms with van der Waals surface area (Å²) in [5.41, 5.74) is 2.79. The van der Waals surface area contributed by atoms with E-state index in [9.17, 15) is 4.79 Å². The molecule has 0 saturated heterocycles. The van der Waals surface area contributed by atoms with Crippen molar-refractivity contribution in [2.45, 2.75) is 20.3 Å². The molecule has 3 heteroatoms. The van der Waals surface area contributed by atoms with E-state index in [0.717, 1.165) is 23.3 Å². The van der Waals surface area contributed by atoms with Gasteiger partial charge in [-0.05, 0) is 25.8 Å². The van der Waals surface area contributed by atoms with Gasteiger partial charge in [-0.1, -0.05) is 6.08 Å². The first kappa shape index (κ1) is 7.28. The first-order valence-corrected chi connectivity index (χ1v) is 3.95. The molecule has 1 N–H and O–H groups in total. The van der Waals surface area contributed by atoms with Crippen molar-refractivity contribution in [3.63, 3.8) is 0 Å². The largest absolute Gasteiger partial charge is 0.311 e. The third-order valence-corrected chi connectivity index (χ3v) is 2.12. The van der Waals surface area contributed by atoms with E-state index in [4.69, 9.17) is 0 Å². The topological polar surface area (TPSA) is 45.8 Å². The number of allylic oxidation sites excluding steroid dienone is 2. The maximum absolute atomic E-state index is 11.3. The van der Waals surface area contributed by atoms with Crippen molar-refractivity contribution in [2.24, 2.45) is 0 Å². The van der Waals surface area contributed by atoms with Gasteiger partial charge in [-0.3, -0.25) is 4.79 Å². The van der Waals surface area contributed by atoms with Gasteiger partial charge in [0.1, 0.15) is 5.82 Å². The van der Waals surface area contributed by atoms with Crippen molar-refractivity contribution < 1.29 is 0 Å². The zero-order valence-electron chi connectivity index (χ0n) is 7.14. The predicted molar refractivity (Wildman–Crippen MR) is 46.9 cm³/mol. The van der Waals surface area contributed by atoms with Crippen LogP contribution in [0, 0.1) is 6.92 Å². The van der Waals surface area contributed by atoms with Gasteiger partial charge in [-0.2, -0.15) is 0 Å². The number of aromatic amines is 1. The number of nitrogens with one attached hydrogen (secondary N) is 1. The molecule has 1 aromatic heterocycles. The zero-order valence-corrected chi connectivity index (χ0v) is 7.14. The van der Waals surface area contributed by atoms with E-state index in [-0.39, 0.29) is 5.56 Å². The summed E-state index contributed by atoms with van der Waals surface area (Å²) in [7, 11) is 0. The molecule has 1 aliphatic carbocycles. The Labute approximate surface area is 70.2 Å². The molecular formula is C9H10N2O. The third-order valence-electron chi connectivity index (χ3n) is 2.12. The average molecular weight is 162 g/mol. The third kappa shape index (κ3) is 0.897. The van der Waals surface area contributed by atoms with Crippen molar-refractivity contribution >= 4 is 5.57 Å². The molecule has 0 bridgehead atoms. The highest BCUT2D eigenvalue weighted by Crippen LogP contribution is 2.21. The fourth-order valence-electron chi connectivity index (χ4n) is 1.48. The Morgan fingerprint density at radius 1 is 1.50 bits per heavy atom. The van der Waals surface area contributed by atoms with Crippen molar-refractivity contribution in [1.82, 2.24) is 9.97 Å². The minimum absolute atomic E-state index is 0.00519. The van der Waals surface area contributed by atoms with Gasteiger partial charge < -0.3 is 4.98 Å². The quantitative estimate of drug-likeness (QED) is 0.619. The molecule has 0 saturated carbocycles. The van der Waals surface area contributed by atoms with Gasteiger partial charge in [0.05, 0.1) is 5.69 Å². The minimum Gasteiger partial charge on any atom is -0.311 e. The summed E-state index contributed by atoms with van der Waals surface area (Å²) in [5, 5.41) is 0. The number of H-pyrrole nitrogens is 1. The average Bonchev–Trinajstić information content (AvgIpc) is 2.33. The molecule has 3 nitrogen and oxygen atoms in total. The van der Waals surface area contributed by atoms with E-state index in [0.29, 0.717) is 5.82 Å². The number of aromatic nitrogens is 2. The van der Waals surface area contributed by atoms with Crippen LogP contribution in [0.25, 0.3) is 5.57 Å². The first-order chi connectivity index (χ1) is 5.68. The van der Waals surface area contributed by atoms with Gasteiger partial charge in [-0.25, -0.2) is 4.98 Å². The van der Waals surface area contributed by atoms with E-state index >= 15 is 0 Å². The molecule has 0 atom stereocenters. The van der Waals surface area contributed by atoms with E-state index < -0.39 is 0 Å². The molecular weight excluding hydrogens is 152 g/mol. The Morgan fingerprint density at radius 3 is 3.00 bits per heavy atom. The summed E-state index contributed by atoms with van der Waals surface area (Å²) in [4.78, 5) is 18.3. The number of aryl methyl sites for hydroxylation is 1. The zero-order chi connectivity index (χ0) is 8.72. The number of hydrogen-bond donors (Lipinski definition) is 1. The smallest absolute Gasteiger partial charge is 0.254 e. The maximum Gasteiger partial charge on any atom is 0.254 e. The Morgan fingerprint density at radius 2 is 2.25 bits per heavy atom. The second kappa shape index (κ2) is 2.30. The number of fused-ring (bicyclic) bond motifs is 1. The summed E-state index contributed by atoms with van der Waals surface area (Å²) in [6.45, 7) is 3.78. The molecule has 0 spiro atoms. The van der Waals surface area contributed by atoms with Crippen molar-refractivity contribution in [1.29, 1.82) is 0 Å². The van der Waals surface area contributed by atoms with E-state index in [1.165, 1.54) is 0 Å². The van der Waals surface area contributed by atoms with Crippen molar-refractivity contribution in [3.05, 3.63) is 33.5 Å². The molecule has 0 fully saturated rings. The molecule has 12 heavy (non-hydrogen) atoms. The minimum atomic E-state index is 0.00519. The Balaban J connectivity index is 2.75. The predicted octanol–water partition coefficient (Wildman–Crippen LogP) is 1.04. The van der Waals surface area contributed by atoms with Crippen LogP contribution in [0.2, 0.25) is 0 Å².